The number of hydrogen-bond donors (Lipinski definition) is 2. The number of nitrogens with one attached hydrogen (secondary N) is 1. The summed E-state index contributed by atoms with van der Waals surface area (Å²) in [5, 5.41) is 12.4. The Bertz CT molecular complexity index is 356. The second-order valence-corrected chi connectivity index (χ2v) is 5.90. The van der Waals surface area contributed by atoms with Gasteiger partial charge in [0.05, 0.1) is 5.41 Å². The molecule has 0 aromatic carbocycles. The third kappa shape index (κ3) is 2.36. The van der Waals surface area contributed by atoms with Crippen LogP contribution in [0.25, 0.3) is 0 Å². The summed E-state index contributed by atoms with van der Waals surface area (Å²) in [6.07, 6.45) is 2.19. The lowest BCUT2D eigenvalue weighted by molar-refractivity contribution is -0.151. The Morgan fingerprint density at radius 2 is 2.33 bits per heavy atom. The normalized spacial score (nSPS) is 33.1. The number of aliphatic carboxylic acids is 1. The van der Waals surface area contributed by atoms with Crippen LogP contribution in [0.15, 0.2) is 0 Å². The highest BCUT2D eigenvalue weighted by Gasteiger charge is 2.47. The number of rotatable bonds is 4. The van der Waals surface area contributed by atoms with Gasteiger partial charge in [-0.1, -0.05) is 13.8 Å². The van der Waals surface area contributed by atoms with Crippen LogP contribution in [-0.2, 0) is 9.59 Å². The molecular formula is C13H22N2O3. The molecule has 1 amide bonds. The Balaban J connectivity index is 1.94. The Labute approximate surface area is 108 Å². The zero-order chi connectivity index (χ0) is 13.3. The molecule has 0 aromatic heterocycles. The van der Waals surface area contributed by atoms with Gasteiger partial charge in [0.2, 0.25) is 5.91 Å². The summed E-state index contributed by atoms with van der Waals surface area (Å²) in [6, 6.07) is 0.203. The number of carbonyl (C=O) groups excluding carboxylic acids is 1. The van der Waals surface area contributed by atoms with Crippen molar-refractivity contribution in [2.45, 2.75) is 39.2 Å². The number of carboxylic acid groups (broad SMARTS) is 1. The highest BCUT2D eigenvalue weighted by molar-refractivity contribution is 5.78. The first-order valence-electron chi connectivity index (χ1n) is 6.69. The van der Waals surface area contributed by atoms with Crippen molar-refractivity contribution in [2.24, 2.45) is 11.3 Å². The third-order valence-corrected chi connectivity index (χ3v) is 4.47. The molecule has 0 spiro atoms. The molecule has 0 saturated carbocycles. The van der Waals surface area contributed by atoms with Crippen LogP contribution in [0, 0.1) is 11.3 Å². The van der Waals surface area contributed by atoms with Crippen molar-refractivity contribution >= 4 is 11.9 Å². The van der Waals surface area contributed by atoms with Crippen molar-refractivity contribution in [2.75, 3.05) is 19.6 Å². The molecule has 0 bridgehead atoms. The van der Waals surface area contributed by atoms with Crippen LogP contribution < -0.4 is 5.32 Å². The lowest BCUT2D eigenvalue weighted by Gasteiger charge is -2.29. The Morgan fingerprint density at radius 1 is 1.61 bits per heavy atom. The summed E-state index contributed by atoms with van der Waals surface area (Å²) in [5.41, 5.74) is -0.609. The van der Waals surface area contributed by atoms with Gasteiger partial charge in [-0.25, -0.2) is 0 Å². The quantitative estimate of drug-likeness (QED) is 0.774. The molecule has 2 aliphatic heterocycles. The monoisotopic (exact) mass is 254 g/mol. The fourth-order valence-corrected chi connectivity index (χ4v) is 3.09. The average Bonchev–Trinajstić information content (AvgIpc) is 2.86. The predicted octanol–water partition coefficient (Wildman–Crippen LogP) is 0.698. The number of carbonyl (C=O) groups is 2. The first-order valence-corrected chi connectivity index (χ1v) is 6.69. The maximum absolute atomic E-state index is 11.5. The molecule has 2 heterocycles. The minimum atomic E-state index is -0.685. The molecule has 2 rings (SSSR count). The molecule has 18 heavy (non-hydrogen) atoms. The molecule has 2 fully saturated rings. The van der Waals surface area contributed by atoms with E-state index in [9.17, 15) is 14.7 Å². The van der Waals surface area contributed by atoms with Crippen molar-refractivity contribution in [1.82, 2.24) is 10.2 Å². The van der Waals surface area contributed by atoms with Crippen LogP contribution in [0.2, 0.25) is 0 Å². The second-order valence-electron chi connectivity index (χ2n) is 5.90. The lowest BCUT2D eigenvalue weighted by atomic mass is 9.76. The van der Waals surface area contributed by atoms with E-state index in [0.29, 0.717) is 19.4 Å². The molecule has 0 radical (unpaired) electrons. The summed E-state index contributed by atoms with van der Waals surface area (Å²) in [4.78, 5) is 24.8. The molecule has 102 valence electrons. The number of amides is 1. The number of hydrogen-bond acceptors (Lipinski definition) is 3. The van der Waals surface area contributed by atoms with E-state index >= 15 is 0 Å². The Morgan fingerprint density at radius 3 is 2.78 bits per heavy atom. The Kier molecular flexibility index (Phi) is 3.61. The first kappa shape index (κ1) is 13.3. The first-order chi connectivity index (χ1) is 8.44. The third-order valence-electron chi connectivity index (χ3n) is 4.47. The molecule has 2 aliphatic rings. The number of nitrogens with zero attached hydrogens (tertiary/aromatic N) is 1. The van der Waals surface area contributed by atoms with Crippen LogP contribution in [0.4, 0.5) is 0 Å². The van der Waals surface area contributed by atoms with E-state index < -0.39 is 11.4 Å². The van der Waals surface area contributed by atoms with Crippen LogP contribution in [0.5, 0.6) is 0 Å². The zero-order valence-corrected chi connectivity index (χ0v) is 11.1. The molecule has 5 nitrogen and oxygen atoms in total. The van der Waals surface area contributed by atoms with Gasteiger partial charge in [0, 0.05) is 25.6 Å². The fourth-order valence-electron chi connectivity index (χ4n) is 3.09. The SMILES string of the molecule is CC(C)C1(C(=O)O)CCN(CC2CCC(=O)N2)C1. The van der Waals surface area contributed by atoms with Gasteiger partial charge in [-0.15, -0.1) is 0 Å². The van der Waals surface area contributed by atoms with Gasteiger partial charge in [0.1, 0.15) is 0 Å². The van der Waals surface area contributed by atoms with Crippen molar-refractivity contribution in [3.8, 4) is 0 Å². The van der Waals surface area contributed by atoms with E-state index in [1.165, 1.54) is 0 Å². The standard InChI is InChI=1S/C13H22N2O3/c1-9(2)13(12(17)18)5-6-15(8-13)7-10-3-4-11(16)14-10/h9-10H,3-8H2,1-2H3,(H,14,16)(H,17,18). The number of carboxylic acids is 1. The van der Waals surface area contributed by atoms with E-state index in [4.69, 9.17) is 0 Å². The highest BCUT2D eigenvalue weighted by atomic mass is 16.4. The van der Waals surface area contributed by atoms with Gasteiger partial charge in [-0.2, -0.15) is 0 Å². The minimum Gasteiger partial charge on any atom is -0.481 e. The van der Waals surface area contributed by atoms with Gasteiger partial charge in [-0.3, -0.25) is 9.59 Å². The van der Waals surface area contributed by atoms with E-state index in [1.807, 2.05) is 13.8 Å². The molecule has 2 unspecified atom stereocenters. The molecule has 2 N–H and O–H groups in total. The predicted molar refractivity (Wildman–Crippen MR) is 67.1 cm³/mol. The van der Waals surface area contributed by atoms with Gasteiger partial charge >= 0.3 is 5.97 Å². The molecular weight excluding hydrogens is 232 g/mol. The average molecular weight is 254 g/mol. The lowest BCUT2D eigenvalue weighted by Crippen LogP contribution is -2.42. The van der Waals surface area contributed by atoms with Crippen molar-refractivity contribution in [3.63, 3.8) is 0 Å². The van der Waals surface area contributed by atoms with Gasteiger partial charge in [-0.05, 0) is 25.3 Å². The van der Waals surface area contributed by atoms with E-state index in [-0.39, 0.29) is 17.9 Å². The van der Waals surface area contributed by atoms with Crippen LogP contribution in [-0.4, -0.2) is 47.6 Å². The summed E-state index contributed by atoms with van der Waals surface area (Å²) >= 11 is 0. The molecule has 0 aliphatic carbocycles. The molecule has 5 heteroatoms. The largest absolute Gasteiger partial charge is 0.481 e. The van der Waals surface area contributed by atoms with E-state index in [0.717, 1.165) is 19.5 Å². The van der Waals surface area contributed by atoms with Gasteiger partial charge < -0.3 is 15.3 Å². The van der Waals surface area contributed by atoms with Crippen LogP contribution in [0.1, 0.15) is 33.1 Å². The highest BCUT2D eigenvalue weighted by Crippen LogP contribution is 2.38. The van der Waals surface area contributed by atoms with Crippen molar-refractivity contribution in [3.05, 3.63) is 0 Å². The van der Waals surface area contributed by atoms with Crippen LogP contribution >= 0.6 is 0 Å². The topological polar surface area (TPSA) is 69.6 Å². The van der Waals surface area contributed by atoms with Crippen molar-refractivity contribution < 1.29 is 14.7 Å². The summed E-state index contributed by atoms with van der Waals surface area (Å²) in [5.74, 6) is -0.429. The van der Waals surface area contributed by atoms with E-state index in [2.05, 4.69) is 10.2 Å². The van der Waals surface area contributed by atoms with Gasteiger partial charge in [0.25, 0.3) is 0 Å². The zero-order valence-electron chi connectivity index (χ0n) is 11.1. The molecule has 2 saturated heterocycles. The fraction of sp³-hybridized carbons (Fsp3) is 0.846. The smallest absolute Gasteiger partial charge is 0.311 e. The molecule has 0 aromatic rings. The summed E-state index contributed by atoms with van der Waals surface area (Å²) in [6.45, 7) is 6.17. The molecule has 2 atom stereocenters. The van der Waals surface area contributed by atoms with E-state index in [1.54, 1.807) is 0 Å². The van der Waals surface area contributed by atoms with Gasteiger partial charge in [0.15, 0.2) is 0 Å². The summed E-state index contributed by atoms with van der Waals surface area (Å²) in [7, 11) is 0. The van der Waals surface area contributed by atoms with Crippen LogP contribution in [0.3, 0.4) is 0 Å². The minimum absolute atomic E-state index is 0.118. The Hall–Kier alpha value is -1.10. The summed E-state index contributed by atoms with van der Waals surface area (Å²) < 4.78 is 0. The maximum atomic E-state index is 11.5. The van der Waals surface area contributed by atoms with Crippen molar-refractivity contribution in [1.29, 1.82) is 0 Å². The number of likely N-dealkylation sites (tertiary alicyclic amines) is 1. The second kappa shape index (κ2) is 4.88. The maximum Gasteiger partial charge on any atom is 0.311 e.